The monoisotopic (exact) mass is 281 g/mol. The van der Waals surface area contributed by atoms with Crippen LogP contribution in [0.5, 0.6) is 0 Å². The molecule has 0 fully saturated rings. The van der Waals surface area contributed by atoms with E-state index in [-0.39, 0.29) is 5.97 Å². The van der Waals surface area contributed by atoms with Crippen molar-refractivity contribution in [2.45, 2.75) is 6.04 Å². The highest BCUT2D eigenvalue weighted by molar-refractivity contribution is 7.99. The van der Waals surface area contributed by atoms with Crippen molar-refractivity contribution in [3.63, 3.8) is 0 Å². The maximum Gasteiger partial charge on any atom is 0.323 e. The van der Waals surface area contributed by atoms with E-state index in [1.54, 1.807) is 18.9 Å². The van der Waals surface area contributed by atoms with E-state index in [9.17, 15) is 4.79 Å². The number of ether oxygens (including phenoxy) is 4. The number of thioether (sulfide) groups is 1. The minimum Gasteiger partial charge on any atom is -0.468 e. The molecule has 0 rings (SSSR count). The Bertz CT molecular complexity index is 206. The Morgan fingerprint density at radius 3 is 2.33 bits per heavy atom. The third-order valence-corrected chi connectivity index (χ3v) is 3.03. The summed E-state index contributed by atoms with van der Waals surface area (Å²) in [5.41, 5.74) is 5.57. The Morgan fingerprint density at radius 2 is 1.72 bits per heavy atom. The first-order valence-electron chi connectivity index (χ1n) is 5.78. The standard InChI is InChI=1S/C11H23NO5S/c1-14-3-4-16-5-6-17-7-8-18-9-10(12)11(13)15-2/h10H,3-9,12H2,1-2H3. The maximum atomic E-state index is 11.0. The zero-order valence-electron chi connectivity index (χ0n) is 11.1. The predicted octanol–water partition coefficient (Wildman–Crippen LogP) is -0.100. The molecule has 0 aromatic carbocycles. The highest BCUT2D eigenvalue weighted by Gasteiger charge is 2.12. The molecule has 0 spiro atoms. The van der Waals surface area contributed by atoms with Crippen LogP contribution in [0.3, 0.4) is 0 Å². The van der Waals surface area contributed by atoms with Crippen LogP contribution in [0.2, 0.25) is 0 Å². The normalized spacial score (nSPS) is 12.4. The van der Waals surface area contributed by atoms with E-state index < -0.39 is 6.04 Å². The van der Waals surface area contributed by atoms with E-state index in [1.807, 2.05) is 0 Å². The summed E-state index contributed by atoms with van der Waals surface area (Å²) in [7, 11) is 2.97. The molecule has 1 atom stereocenters. The summed E-state index contributed by atoms with van der Waals surface area (Å²) < 4.78 is 19.9. The third kappa shape index (κ3) is 10.8. The molecular weight excluding hydrogens is 258 g/mol. The second kappa shape index (κ2) is 13.1. The van der Waals surface area contributed by atoms with Crippen LogP contribution < -0.4 is 5.73 Å². The number of hydrogen-bond acceptors (Lipinski definition) is 7. The molecule has 108 valence electrons. The van der Waals surface area contributed by atoms with Gasteiger partial charge in [-0.2, -0.15) is 11.8 Å². The number of nitrogens with two attached hydrogens (primary N) is 1. The molecule has 0 heterocycles. The average molecular weight is 281 g/mol. The van der Waals surface area contributed by atoms with E-state index in [4.69, 9.17) is 19.9 Å². The number of carbonyl (C=O) groups excluding carboxylic acids is 1. The molecule has 0 saturated carbocycles. The highest BCUT2D eigenvalue weighted by atomic mass is 32.2. The first-order valence-corrected chi connectivity index (χ1v) is 6.93. The first-order chi connectivity index (χ1) is 8.72. The molecule has 6 nitrogen and oxygen atoms in total. The first kappa shape index (κ1) is 17.7. The maximum absolute atomic E-state index is 11.0. The lowest BCUT2D eigenvalue weighted by atomic mass is 10.4. The number of esters is 1. The Kier molecular flexibility index (Phi) is 12.9. The zero-order valence-corrected chi connectivity index (χ0v) is 11.9. The SMILES string of the molecule is COCCOCCOCCSCC(N)C(=O)OC. The van der Waals surface area contributed by atoms with E-state index in [1.165, 1.54) is 7.11 Å². The van der Waals surface area contributed by atoms with Gasteiger partial charge in [0.05, 0.1) is 40.1 Å². The van der Waals surface area contributed by atoms with E-state index >= 15 is 0 Å². The van der Waals surface area contributed by atoms with Gasteiger partial charge >= 0.3 is 5.97 Å². The molecule has 0 aliphatic carbocycles. The number of rotatable bonds is 12. The van der Waals surface area contributed by atoms with Crippen LogP contribution in [0.15, 0.2) is 0 Å². The summed E-state index contributed by atoms with van der Waals surface area (Å²) in [5, 5.41) is 0. The van der Waals surface area contributed by atoms with Gasteiger partial charge in [-0.25, -0.2) is 0 Å². The Morgan fingerprint density at radius 1 is 1.11 bits per heavy atom. The van der Waals surface area contributed by atoms with Crippen molar-refractivity contribution < 1.29 is 23.7 Å². The lowest BCUT2D eigenvalue weighted by Crippen LogP contribution is -2.34. The summed E-state index contributed by atoms with van der Waals surface area (Å²) >= 11 is 1.57. The molecule has 7 heteroatoms. The quantitative estimate of drug-likeness (QED) is 0.395. The molecule has 0 aliphatic heterocycles. The van der Waals surface area contributed by atoms with Crippen molar-refractivity contribution in [2.75, 3.05) is 58.8 Å². The minimum atomic E-state index is -0.558. The molecule has 1 unspecified atom stereocenters. The van der Waals surface area contributed by atoms with Crippen LogP contribution in [0.4, 0.5) is 0 Å². The largest absolute Gasteiger partial charge is 0.468 e. The molecule has 0 radical (unpaired) electrons. The van der Waals surface area contributed by atoms with Crippen molar-refractivity contribution >= 4 is 17.7 Å². The van der Waals surface area contributed by atoms with Crippen molar-refractivity contribution in [3.05, 3.63) is 0 Å². The summed E-state index contributed by atoms with van der Waals surface area (Å²) in [6.45, 7) is 2.93. The third-order valence-electron chi connectivity index (χ3n) is 1.98. The predicted molar refractivity (Wildman–Crippen MR) is 70.8 cm³/mol. The second-order valence-corrected chi connectivity index (χ2v) is 4.57. The van der Waals surface area contributed by atoms with Gasteiger partial charge < -0.3 is 24.7 Å². The van der Waals surface area contributed by atoms with Gasteiger partial charge in [0.2, 0.25) is 0 Å². The summed E-state index contributed by atoms with van der Waals surface area (Å²) in [6, 6.07) is -0.558. The Hall–Kier alpha value is -0.340. The van der Waals surface area contributed by atoms with Crippen LogP contribution >= 0.6 is 11.8 Å². The van der Waals surface area contributed by atoms with Crippen molar-refractivity contribution in [1.29, 1.82) is 0 Å². The van der Waals surface area contributed by atoms with Gasteiger partial charge in [-0.3, -0.25) is 4.79 Å². The average Bonchev–Trinajstić information content (AvgIpc) is 2.39. The summed E-state index contributed by atoms with van der Waals surface area (Å²) in [6.07, 6.45) is 0. The highest BCUT2D eigenvalue weighted by Crippen LogP contribution is 2.02. The van der Waals surface area contributed by atoms with Gasteiger partial charge in [-0.05, 0) is 0 Å². The van der Waals surface area contributed by atoms with E-state index in [2.05, 4.69) is 4.74 Å². The van der Waals surface area contributed by atoms with Gasteiger partial charge in [0.15, 0.2) is 0 Å². The molecular formula is C11H23NO5S. The number of carbonyl (C=O) groups is 1. The van der Waals surface area contributed by atoms with Crippen LogP contribution in [0.25, 0.3) is 0 Å². The van der Waals surface area contributed by atoms with Gasteiger partial charge in [-0.1, -0.05) is 0 Å². The lowest BCUT2D eigenvalue weighted by molar-refractivity contribution is -0.141. The summed E-state index contributed by atoms with van der Waals surface area (Å²) in [4.78, 5) is 11.0. The second-order valence-electron chi connectivity index (χ2n) is 3.42. The van der Waals surface area contributed by atoms with Crippen LogP contribution in [0, 0.1) is 0 Å². The van der Waals surface area contributed by atoms with Crippen molar-refractivity contribution in [3.8, 4) is 0 Å². The smallest absolute Gasteiger partial charge is 0.323 e. The van der Waals surface area contributed by atoms with Gasteiger partial charge in [0, 0.05) is 18.6 Å². The molecule has 0 aromatic heterocycles. The fourth-order valence-corrected chi connectivity index (χ4v) is 1.80. The molecule has 0 aliphatic rings. The number of methoxy groups -OCH3 is 2. The Labute approximate surface area is 112 Å². The molecule has 2 N–H and O–H groups in total. The van der Waals surface area contributed by atoms with Gasteiger partial charge in [0.25, 0.3) is 0 Å². The zero-order chi connectivity index (χ0) is 13.6. The summed E-state index contributed by atoms with van der Waals surface area (Å²) in [5.74, 6) is 0.957. The fraction of sp³-hybridized carbons (Fsp3) is 0.909. The molecule has 0 amide bonds. The topological polar surface area (TPSA) is 80.0 Å². The van der Waals surface area contributed by atoms with E-state index in [0.717, 1.165) is 5.75 Å². The van der Waals surface area contributed by atoms with Crippen molar-refractivity contribution in [2.24, 2.45) is 5.73 Å². The Balaban J connectivity index is 3.14. The van der Waals surface area contributed by atoms with Crippen molar-refractivity contribution in [1.82, 2.24) is 0 Å². The number of hydrogen-bond donors (Lipinski definition) is 1. The molecule has 0 aromatic rings. The van der Waals surface area contributed by atoms with E-state index in [0.29, 0.717) is 38.8 Å². The van der Waals surface area contributed by atoms with Gasteiger partial charge in [0.1, 0.15) is 6.04 Å². The van der Waals surface area contributed by atoms with Crippen LogP contribution in [0.1, 0.15) is 0 Å². The minimum absolute atomic E-state index is 0.380. The molecule has 0 bridgehead atoms. The molecule has 0 saturated heterocycles. The van der Waals surface area contributed by atoms with Crippen LogP contribution in [-0.4, -0.2) is 70.8 Å². The van der Waals surface area contributed by atoms with Gasteiger partial charge in [-0.15, -0.1) is 0 Å². The lowest BCUT2D eigenvalue weighted by Gasteiger charge is -2.09. The molecule has 18 heavy (non-hydrogen) atoms. The fourth-order valence-electron chi connectivity index (χ4n) is 1.01. The van der Waals surface area contributed by atoms with Crippen LogP contribution in [-0.2, 0) is 23.7 Å².